The summed E-state index contributed by atoms with van der Waals surface area (Å²) in [7, 11) is 0. The highest BCUT2D eigenvalue weighted by atomic mass is 16.5. The van der Waals surface area contributed by atoms with Crippen molar-refractivity contribution in [3.05, 3.63) is 12.2 Å². The Balaban J connectivity index is 2.46. The molecule has 0 spiro atoms. The first-order chi connectivity index (χ1) is 5.33. The van der Waals surface area contributed by atoms with Crippen LogP contribution in [0.3, 0.4) is 0 Å². The van der Waals surface area contributed by atoms with Crippen molar-refractivity contribution in [1.82, 2.24) is 0 Å². The van der Waals surface area contributed by atoms with Crippen LogP contribution in [-0.2, 0) is 9.53 Å². The molecule has 0 N–H and O–H groups in total. The van der Waals surface area contributed by atoms with Gasteiger partial charge in [0.2, 0.25) is 0 Å². The minimum atomic E-state index is -0.573. The highest BCUT2D eigenvalue weighted by Crippen LogP contribution is 2.22. The Hall–Kier alpha value is -0.630. The highest BCUT2D eigenvalue weighted by Gasteiger charge is 2.29. The lowest BCUT2D eigenvalue weighted by atomic mass is 9.99. The highest BCUT2D eigenvalue weighted by molar-refractivity contribution is 5.66. The summed E-state index contributed by atoms with van der Waals surface area (Å²) in [6.07, 6.45) is 7.66. The first-order valence-electron chi connectivity index (χ1n) is 4.11. The van der Waals surface area contributed by atoms with Gasteiger partial charge in [0.1, 0.15) is 5.60 Å². The van der Waals surface area contributed by atoms with E-state index < -0.39 is 5.60 Å². The Morgan fingerprint density at radius 2 is 2.55 bits per heavy atom. The molecule has 0 saturated heterocycles. The van der Waals surface area contributed by atoms with Gasteiger partial charge >= 0.3 is 0 Å². The molecule has 0 saturated carbocycles. The Kier molecular flexibility index (Phi) is 2.83. The third kappa shape index (κ3) is 1.90. The monoisotopic (exact) mass is 154 g/mol. The average Bonchev–Trinajstić information content (AvgIpc) is 2.50. The number of ether oxygens (including phenoxy) is 1. The van der Waals surface area contributed by atoms with Crippen LogP contribution in [0.1, 0.15) is 26.2 Å². The van der Waals surface area contributed by atoms with E-state index in [1.165, 1.54) is 0 Å². The van der Waals surface area contributed by atoms with Crippen molar-refractivity contribution in [3.63, 3.8) is 0 Å². The third-order valence-corrected chi connectivity index (χ3v) is 1.97. The van der Waals surface area contributed by atoms with Crippen molar-refractivity contribution in [2.45, 2.75) is 31.8 Å². The number of aldehydes is 1. The van der Waals surface area contributed by atoms with Gasteiger partial charge in [0.05, 0.1) is 6.61 Å². The molecule has 1 heterocycles. The van der Waals surface area contributed by atoms with E-state index in [9.17, 15) is 4.79 Å². The molecular formula is C9H14O2. The van der Waals surface area contributed by atoms with Crippen molar-refractivity contribution in [3.8, 4) is 0 Å². The molecule has 2 heteroatoms. The van der Waals surface area contributed by atoms with Crippen LogP contribution in [0.25, 0.3) is 0 Å². The van der Waals surface area contributed by atoms with Crippen molar-refractivity contribution in [2.24, 2.45) is 0 Å². The van der Waals surface area contributed by atoms with Crippen LogP contribution in [0.4, 0.5) is 0 Å². The van der Waals surface area contributed by atoms with Crippen LogP contribution in [0.15, 0.2) is 12.2 Å². The molecule has 1 aliphatic heterocycles. The molecule has 0 aromatic carbocycles. The molecule has 0 radical (unpaired) electrons. The van der Waals surface area contributed by atoms with E-state index in [2.05, 4.69) is 6.92 Å². The lowest BCUT2D eigenvalue weighted by Gasteiger charge is -2.19. The van der Waals surface area contributed by atoms with Gasteiger partial charge in [-0.1, -0.05) is 25.8 Å². The summed E-state index contributed by atoms with van der Waals surface area (Å²) in [5.41, 5.74) is -0.573. The molecule has 1 unspecified atom stereocenters. The van der Waals surface area contributed by atoms with Crippen molar-refractivity contribution < 1.29 is 9.53 Å². The van der Waals surface area contributed by atoms with Crippen LogP contribution < -0.4 is 0 Å². The van der Waals surface area contributed by atoms with E-state index in [1.54, 1.807) is 0 Å². The fraction of sp³-hybridized carbons (Fsp3) is 0.667. The van der Waals surface area contributed by atoms with Crippen LogP contribution >= 0.6 is 0 Å². The van der Waals surface area contributed by atoms with E-state index in [0.717, 1.165) is 25.5 Å². The summed E-state index contributed by atoms with van der Waals surface area (Å²) < 4.78 is 5.31. The number of hydrogen-bond acceptors (Lipinski definition) is 2. The van der Waals surface area contributed by atoms with Crippen LogP contribution in [-0.4, -0.2) is 18.5 Å². The zero-order valence-electron chi connectivity index (χ0n) is 6.88. The Morgan fingerprint density at radius 3 is 3.00 bits per heavy atom. The maximum Gasteiger partial charge on any atom is 0.155 e. The fourth-order valence-corrected chi connectivity index (χ4v) is 1.24. The minimum Gasteiger partial charge on any atom is -0.359 e. The van der Waals surface area contributed by atoms with Crippen molar-refractivity contribution >= 4 is 6.29 Å². The number of unbranched alkanes of at least 4 members (excludes halogenated alkanes) is 1. The molecule has 0 fully saturated rings. The SMILES string of the molecule is CCCCC1(C=O)C=CCO1. The van der Waals surface area contributed by atoms with E-state index in [1.807, 2.05) is 12.2 Å². The van der Waals surface area contributed by atoms with Gasteiger partial charge < -0.3 is 4.74 Å². The molecule has 2 nitrogen and oxygen atoms in total. The maximum atomic E-state index is 10.7. The van der Waals surface area contributed by atoms with Gasteiger partial charge in [-0.2, -0.15) is 0 Å². The van der Waals surface area contributed by atoms with E-state index in [-0.39, 0.29) is 0 Å². The van der Waals surface area contributed by atoms with Gasteiger partial charge in [0, 0.05) is 0 Å². The quantitative estimate of drug-likeness (QED) is 0.455. The van der Waals surface area contributed by atoms with Gasteiger partial charge in [-0.3, -0.25) is 4.79 Å². The first-order valence-corrected chi connectivity index (χ1v) is 4.11. The largest absolute Gasteiger partial charge is 0.359 e. The zero-order chi connectivity index (χ0) is 8.16. The average molecular weight is 154 g/mol. The standard InChI is InChI=1S/C9H14O2/c1-2-3-5-9(8-10)6-4-7-11-9/h4,6,8H,2-3,5,7H2,1H3. The predicted octanol–water partition coefficient (Wildman–Crippen LogP) is 1.70. The van der Waals surface area contributed by atoms with E-state index >= 15 is 0 Å². The summed E-state index contributed by atoms with van der Waals surface area (Å²) >= 11 is 0. The van der Waals surface area contributed by atoms with Crippen molar-refractivity contribution in [1.29, 1.82) is 0 Å². The van der Waals surface area contributed by atoms with E-state index in [0.29, 0.717) is 6.61 Å². The molecule has 1 aliphatic rings. The van der Waals surface area contributed by atoms with Crippen LogP contribution in [0, 0.1) is 0 Å². The smallest absolute Gasteiger partial charge is 0.155 e. The molecular weight excluding hydrogens is 140 g/mol. The molecule has 1 rings (SSSR count). The van der Waals surface area contributed by atoms with Crippen molar-refractivity contribution in [2.75, 3.05) is 6.61 Å². The van der Waals surface area contributed by atoms with Gasteiger partial charge in [-0.25, -0.2) is 0 Å². The molecule has 0 amide bonds. The Labute approximate surface area is 67.2 Å². The van der Waals surface area contributed by atoms with Gasteiger partial charge in [0.15, 0.2) is 6.29 Å². The van der Waals surface area contributed by atoms with E-state index in [4.69, 9.17) is 4.74 Å². The maximum absolute atomic E-state index is 10.7. The fourth-order valence-electron chi connectivity index (χ4n) is 1.24. The lowest BCUT2D eigenvalue weighted by molar-refractivity contribution is -0.123. The minimum absolute atomic E-state index is 0.573. The molecule has 0 aliphatic carbocycles. The summed E-state index contributed by atoms with van der Waals surface area (Å²) in [5.74, 6) is 0. The molecule has 0 bridgehead atoms. The second-order valence-corrected chi connectivity index (χ2v) is 2.89. The third-order valence-electron chi connectivity index (χ3n) is 1.97. The summed E-state index contributed by atoms with van der Waals surface area (Å²) in [4.78, 5) is 10.7. The second-order valence-electron chi connectivity index (χ2n) is 2.89. The lowest BCUT2D eigenvalue weighted by Crippen LogP contribution is -2.28. The second kappa shape index (κ2) is 3.67. The number of rotatable bonds is 4. The van der Waals surface area contributed by atoms with Crippen LogP contribution in [0.2, 0.25) is 0 Å². The Bertz CT molecular complexity index is 163. The van der Waals surface area contributed by atoms with Gasteiger partial charge in [0.25, 0.3) is 0 Å². The molecule has 0 aromatic heterocycles. The summed E-state index contributed by atoms with van der Waals surface area (Å²) in [6.45, 7) is 2.69. The first kappa shape index (κ1) is 8.47. The molecule has 0 aromatic rings. The molecule has 1 atom stereocenters. The normalized spacial score (nSPS) is 29.2. The topological polar surface area (TPSA) is 26.3 Å². The predicted molar refractivity (Wildman–Crippen MR) is 43.4 cm³/mol. The van der Waals surface area contributed by atoms with Gasteiger partial charge in [-0.15, -0.1) is 0 Å². The van der Waals surface area contributed by atoms with Gasteiger partial charge in [-0.05, 0) is 12.5 Å². The summed E-state index contributed by atoms with van der Waals surface area (Å²) in [6, 6.07) is 0. The number of carbonyl (C=O) groups is 1. The van der Waals surface area contributed by atoms with Crippen LogP contribution in [0.5, 0.6) is 0 Å². The molecule has 11 heavy (non-hydrogen) atoms. The Morgan fingerprint density at radius 1 is 1.73 bits per heavy atom. The zero-order valence-corrected chi connectivity index (χ0v) is 6.88. The molecule has 62 valence electrons. The summed E-state index contributed by atoms with van der Waals surface area (Å²) in [5, 5.41) is 0. The number of hydrogen-bond donors (Lipinski definition) is 0. The number of carbonyl (C=O) groups excluding carboxylic acids is 1.